The second-order valence-corrected chi connectivity index (χ2v) is 3.85. The van der Waals surface area contributed by atoms with E-state index in [9.17, 15) is 0 Å². The van der Waals surface area contributed by atoms with Gasteiger partial charge in [0.1, 0.15) is 5.82 Å². The first-order valence-corrected chi connectivity index (χ1v) is 5.86. The summed E-state index contributed by atoms with van der Waals surface area (Å²) in [5, 5.41) is 15.0. The maximum absolute atomic E-state index is 8.58. The van der Waals surface area contributed by atoms with Crippen LogP contribution in [0.2, 0.25) is 0 Å². The maximum Gasteiger partial charge on any atom is 0.121 e. The number of aromatic nitrogens is 2. The lowest BCUT2D eigenvalue weighted by Gasteiger charge is -2.03. The topological polar surface area (TPSA) is 73.0 Å². The SMILES string of the molecule is OCCNCCNCc1nc2ccccc2[nH]1. The lowest BCUT2D eigenvalue weighted by Crippen LogP contribution is -2.29. The molecule has 1 aromatic carbocycles. The van der Waals surface area contributed by atoms with Crippen LogP contribution in [0.5, 0.6) is 0 Å². The number of fused-ring (bicyclic) bond motifs is 1. The van der Waals surface area contributed by atoms with E-state index in [1.165, 1.54) is 0 Å². The molecule has 2 rings (SSSR count). The number of nitrogens with one attached hydrogen (secondary N) is 3. The van der Waals surface area contributed by atoms with Crippen molar-refractivity contribution >= 4 is 11.0 Å². The van der Waals surface area contributed by atoms with Gasteiger partial charge in [0, 0.05) is 19.6 Å². The van der Waals surface area contributed by atoms with Gasteiger partial charge in [0.2, 0.25) is 0 Å². The van der Waals surface area contributed by atoms with Crippen LogP contribution in [0.3, 0.4) is 0 Å². The summed E-state index contributed by atoms with van der Waals surface area (Å²) >= 11 is 0. The normalized spacial score (nSPS) is 11.1. The van der Waals surface area contributed by atoms with Gasteiger partial charge in [-0.2, -0.15) is 0 Å². The van der Waals surface area contributed by atoms with Crippen molar-refractivity contribution in [2.45, 2.75) is 6.54 Å². The van der Waals surface area contributed by atoms with Gasteiger partial charge in [0.25, 0.3) is 0 Å². The van der Waals surface area contributed by atoms with Crippen molar-refractivity contribution < 1.29 is 5.11 Å². The molecule has 17 heavy (non-hydrogen) atoms. The van der Waals surface area contributed by atoms with Crippen molar-refractivity contribution in [3.05, 3.63) is 30.1 Å². The highest BCUT2D eigenvalue weighted by Crippen LogP contribution is 2.09. The molecule has 0 aliphatic heterocycles. The molecule has 0 unspecified atom stereocenters. The molecule has 1 heterocycles. The number of hydrogen-bond donors (Lipinski definition) is 4. The molecule has 0 saturated carbocycles. The molecule has 4 N–H and O–H groups in total. The lowest BCUT2D eigenvalue weighted by molar-refractivity contribution is 0.292. The minimum Gasteiger partial charge on any atom is -0.395 e. The van der Waals surface area contributed by atoms with Gasteiger partial charge in [0.15, 0.2) is 0 Å². The largest absolute Gasteiger partial charge is 0.395 e. The van der Waals surface area contributed by atoms with Crippen LogP contribution in [0.1, 0.15) is 5.82 Å². The number of imidazole rings is 1. The zero-order valence-electron chi connectivity index (χ0n) is 9.74. The van der Waals surface area contributed by atoms with Crippen molar-refractivity contribution in [3.63, 3.8) is 0 Å². The van der Waals surface area contributed by atoms with E-state index in [0.717, 1.165) is 36.5 Å². The zero-order valence-corrected chi connectivity index (χ0v) is 9.74. The van der Waals surface area contributed by atoms with Crippen LogP contribution in [-0.2, 0) is 6.54 Å². The molecule has 0 aliphatic carbocycles. The minimum atomic E-state index is 0.184. The van der Waals surface area contributed by atoms with Crippen LogP contribution >= 0.6 is 0 Å². The Labute approximate surface area is 100 Å². The molecule has 0 atom stereocenters. The predicted octanol–water partition coefficient (Wildman–Crippen LogP) is 0.234. The van der Waals surface area contributed by atoms with Crippen molar-refractivity contribution in [1.82, 2.24) is 20.6 Å². The standard InChI is InChI=1S/C12H18N4O/c17-8-7-13-5-6-14-9-12-15-10-3-1-2-4-11(10)16-12/h1-4,13-14,17H,5-9H2,(H,15,16). The third-order valence-electron chi connectivity index (χ3n) is 2.50. The second kappa shape index (κ2) is 6.34. The fourth-order valence-electron chi connectivity index (χ4n) is 1.68. The van der Waals surface area contributed by atoms with Crippen molar-refractivity contribution in [1.29, 1.82) is 0 Å². The van der Waals surface area contributed by atoms with E-state index in [1.54, 1.807) is 0 Å². The molecular formula is C12H18N4O. The third kappa shape index (κ3) is 3.52. The Morgan fingerprint density at radius 2 is 1.94 bits per heavy atom. The van der Waals surface area contributed by atoms with Gasteiger partial charge in [-0.3, -0.25) is 0 Å². The van der Waals surface area contributed by atoms with Crippen LogP contribution < -0.4 is 10.6 Å². The summed E-state index contributed by atoms with van der Waals surface area (Å²) in [6.45, 7) is 3.27. The summed E-state index contributed by atoms with van der Waals surface area (Å²) in [5.74, 6) is 0.952. The van der Waals surface area contributed by atoms with Gasteiger partial charge in [-0.25, -0.2) is 4.98 Å². The van der Waals surface area contributed by atoms with Gasteiger partial charge in [-0.15, -0.1) is 0 Å². The molecule has 0 fully saturated rings. The highest BCUT2D eigenvalue weighted by Gasteiger charge is 2.00. The minimum absolute atomic E-state index is 0.184. The van der Waals surface area contributed by atoms with Crippen LogP contribution in [0.4, 0.5) is 0 Å². The van der Waals surface area contributed by atoms with E-state index in [2.05, 4.69) is 20.6 Å². The number of nitrogens with zero attached hydrogens (tertiary/aromatic N) is 1. The number of para-hydroxylation sites is 2. The first kappa shape index (κ1) is 12.0. The number of benzene rings is 1. The van der Waals surface area contributed by atoms with Crippen LogP contribution in [0, 0.1) is 0 Å². The quantitative estimate of drug-likeness (QED) is 0.518. The Morgan fingerprint density at radius 1 is 1.12 bits per heavy atom. The summed E-state index contributed by atoms with van der Waals surface area (Å²) < 4.78 is 0. The van der Waals surface area contributed by atoms with E-state index >= 15 is 0 Å². The third-order valence-corrected chi connectivity index (χ3v) is 2.50. The van der Waals surface area contributed by atoms with Gasteiger partial charge >= 0.3 is 0 Å². The van der Waals surface area contributed by atoms with Crippen LogP contribution in [0.15, 0.2) is 24.3 Å². The molecule has 0 aliphatic rings. The fourth-order valence-corrected chi connectivity index (χ4v) is 1.68. The fraction of sp³-hybridized carbons (Fsp3) is 0.417. The summed E-state index contributed by atoms with van der Waals surface area (Å²) in [4.78, 5) is 7.73. The summed E-state index contributed by atoms with van der Waals surface area (Å²) in [6.07, 6.45) is 0. The summed E-state index contributed by atoms with van der Waals surface area (Å²) in [7, 11) is 0. The first-order valence-electron chi connectivity index (χ1n) is 5.86. The smallest absolute Gasteiger partial charge is 0.121 e. The van der Waals surface area contributed by atoms with Crippen LogP contribution in [-0.4, -0.2) is 41.3 Å². The Hall–Kier alpha value is -1.43. The molecule has 0 saturated heterocycles. The molecule has 92 valence electrons. The van der Waals surface area contributed by atoms with Gasteiger partial charge in [-0.1, -0.05) is 12.1 Å². The van der Waals surface area contributed by atoms with E-state index in [1.807, 2.05) is 24.3 Å². The summed E-state index contributed by atoms with van der Waals surface area (Å²) in [5.41, 5.74) is 2.07. The molecule has 2 aromatic rings. The number of aliphatic hydroxyl groups excluding tert-OH is 1. The molecule has 0 radical (unpaired) electrons. The molecule has 0 spiro atoms. The highest BCUT2D eigenvalue weighted by atomic mass is 16.3. The van der Waals surface area contributed by atoms with Gasteiger partial charge in [-0.05, 0) is 12.1 Å². The Balaban J connectivity index is 1.75. The van der Waals surface area contributed by atoms with E-state index in [4.69, 9.17) is 5.11 Å². The summed E-state index contributed by atoms with van der Waals surface area (Å²) in [6, 6.07) is 8.00. The maximum atomic E-state index is 8.58. The van der Waals surface area contributed by atoms with Gasteiger partial charge in [0.05, 0.1) is 24.2 Å². The number of aromatic amines is 1. The van der Waals surface area contributed by atoms with Crippen molar-refractivity contribution in [3.8, 4) is 0 Å². The molecule has 0 bridgehead atoms. The first-order chi connectivity index (χ1) is 8.40. The van der Waals surface area contributed by atoms with E-state index in [-0.39, 0.29) is 6.61 Å². The molecule has 5 heteroatoms. The Kier molecular flexibility index (Phi) is 4.49. The van der Waals surface area contributed by atoms with Gasteiger partial charge < -0.3 is 20.7 Å². The monoisotopic (exact) mass is 234 g/mol. The number of rotatable bonds is 7. The predicted molar refractivity (Wildman–Crippen MR) is 67.8 cm³/mol. The van der Waals surface area contributed by atoms with Crippen LogP contribution in [0.25, 0.3) is 11.0 Å². The number of hydrogen-bond acceptors (Lipinski definition) is 4. The molecular weight excluding hydrogens is 216 g/mol. The number of H-pyrrole nitrogens is 1. The lowest BCUT2D eigenvalue weighted by atomic mass is 10.3. The van der Waals surface area contributed by atoms with E-state index < -0.39 is 0 Å². The second-order valence-electron chi connectivity index (χ2n) is 3.85. The zero-order chi connectivity index (χ0) is 11.9. The molecule has 0 amide bonds. The average Bonchev–Trinajstić information content (AvgIpc) is 2.76. The molecule has 1 aromatic heterocycles. The Morgan fingerprint density at radius 3 is 2.76 bits per heavy atom. The average molecular weight is 234 g/mol. The highest BCUT2D eigenvalue weighted by molar-refractivity contribution is 5.74. The van der Waals surface area contributed by atoms with Crippen molar-refractivity contribution in [2.75, 3.05) is 26.2 Å². The Bertz CT molecular complexity index is 421. The molecule has 5 nitrogen and oxygen atoms in total. The number of aliphatic hydroxyl groups is 1. The van der Waals surface area contributed by atoms with Crippen molar-refractivity contribution in [2.24, 2.45) is 0 Å². The van der Waals surface area contributed by atoms with E-state index in [0.29, 0.717) is 6.54 Å².